The van der Waals surface area contributed by atoms with Crippen LogP contribution in [0.4, 0.5) is 4.79 Å². The van der Waals surface area contributed by atoms with Crippen molar-refractivity contribution in [2.45, 2.75) is 39.2 Å². The van der Waals surface area contributed by atoms with Gasteiger partial charge in [-0.15, -0.1) is 0 Å². The first kappa shape index (κ1) is 17.6. The number of benzene rings is 1. The number of ether oxygens (including phenoxy) is 1. The second-order valence-electron chi connectivity index (χ2n) is 5.71. The van der Waals surface area contributed by atoms with Gasteiger partial charge in [0.05, 0.1) is 6.42 Å². The largest absolute Gasteiger partial charge is 0.481 e. The molecule has 0 saturated carbocycles. The Bertz CT molecular complexity index is 591. The number of carbonyl (C=O) groups is 2. The maximum Gasteiger partial charge on any atom is 0.407 e. The van der Waals surface area contributed by atoms with Crippen molar-refractivity contribution in [2.24, 2.45) is 0 Å². The Hall–Kier alpha value is -2.48. The highest BCUT2D eigenvalue weighted by atomic mass is 16.6. The fourth-order valence-electron chi connectivity index (χ4n) is 1.66. The highest BCUT2D eigenvalue weighted by molar-refractivity contribution is 5.71. The molecule has 0 radical (unpaired) electrons. The lowest BCUT2D eigenvalue weighted by atomic mass is 10.1. The summed E-state index contributed by atoms with van der Waals surface area (Å²) in [6.45, 7) is 5.77. The van der Waals surface area contributed by atoms with Gasteiger partial charge in [-0.25, -0.2) is 4.79 Å². The number of alkyl carbamates (subject to hydrolysis) is 1. The Balaban J connectivity index is 2.48. The average Bonchev–Trinajstić information content (AvgIpc) is 2.37. The van der Waals surface area contributed by atoms with E-state index in [1.54, 1.807) is 39.0 Å². The minimum absolute atomic E-state index is 0.0546. The zero-order chi connectivity index (χ0) is 16.6. The molecule has 0 aromatic heterocycles. The molecule has 0 atom stereocenters. The van der Waals surface area contributed by atoms with Gasteiger partial charge in [-0.05, 0) is 32.4 Å². The van der Waals surface area contributed by atoms with Crippen LogP contribution in [0.15, 0.2) is 24.3 Å². The van der Waals surface area contributed by atoms with Gasteiger partial charge in [-0.3, -0.25) is 4.79 Å². The van der Waals surface area contributed by atoms with Crippen molar-refractivity contribution in [1.82, 2.24) is 5.32 Å². The maximum atomic E-state index is 11.4. The summed E-state index contributed by atoms with van der Waals surface area (Å²) in [5, 5.41) is 11.5. The number of hydrogen-bond acceptors (Lipinski definition) is 3. The van der Waals surface area contributed by atoms with Crippen molar-refractivity contribution in [3.8, 4) is 11.8 Å². The van der Waals surface area contributed by atoms with E-state index >= 15 is 0 Å². The topological polar surface area (TPSA) is 75.6 Å². The summed E-state index contributed by atoms with van der Waals surface area (Å²) in [5.74, 6) is 4.97. The van der Waals surface area contributed by atoms with Crippen LogP contribution in [0.25, 0.3) is 0 Å². The summed E-state index contributed by atoms with van der Waals surface area (Å²) < 4.78 is 5.10. The molecule has 0 heterocycles. The smallest absolute Gasteiger partial charge is 0.407 e. The number of carboxylic acid groups (broad SMARTS) is 1. The van der Waals surface area contributed by atoms with E-state index in [2.05, 4.69) is 17.2 Å². The van der Waals surface area contributed by atoms with E-state index in [0.717, 1.165) is 0 Å². The molecule has 1 aromatic rings. The standard InChI is InChI=1S/C17H21NO4/c1-17(2,3)22-16(21)18-11-7-6-9-13-8-4-5-10-14(13)12-15(19)20/h4-5,8,10H,7,11-12H2,1-3H3,(H,18,21)(H,19,20). The van der Waals surface area contributed by atoms with Gasteiger partial charge < -0.3 is 15.2 Å². The highest BCUT2D eigenvalue weighted by Gasteiger charge is 2.15. The predicted molar refractivity (Wildman–Crippen MR) is 83.5 cm³/mol. The average molecular weight is 303 g/mol. The van der Waals surface area contributed by atoms with Crippen molar-refractivity contribution in [1.29, 1.82) is 0 Å². The number of aliphatic carboxylic acids is 1. The molecule has 5 nitrogen and oxygen atoms in total. The van der Waals surface area contributed by atoms with Crippen LogP contribution in [0.3, 0.4) is 0 Å². The molecule has 1 amide bonds. The molecule has 0 spiro atoms. The van der Waals surface area contributed by atoms with Gasteiger partial charge in [0.2, 0.25) is 0 Å². The van der Waals surface area contributed by atoms with Crippen LogP contribution < -0.4 is 5.32 Å². The molecule has 1 rings (SSSR count). The lowest BCUT2D eigenvalue weighted by Crippen LogP contribution is -2.32. The van der Waals surface area contributed by atoms with Crippen LogP contribution in [0.1, 0.15) is 38.3 Å². The lowest BCUT2D eigenvalue weighted by Gasteiger charge is -2.19. The predicted octanol–water partition coefficient (Wildman–Crippen LogP) is 2.58. The minimum atomic E-state index is -0.888. The summed E-state index contributed by atoms with van der Waals surface area (Å²) in [5.41, 5.74) is 0.857. The van der Waals surface area contributed by atoms with Crippen LogP contribution in [-0.2, 0) is 16.0 Å². The Morgan fingerprint density at radius 2 is 1.95 bits per heavy atom. The lowest BCUT2D eigenvalue weighted by molar-refractivity contribution is -0.136. The van der Waals surface area contributed by atoms with E-state index in [-0.39, 0.29) is 6.42 Å². The van der Waals surface area contributed by atoms with Gasteiger partial charge in [0, 0.05) is 18.5 Å². The molecular weight excluding hydrogens is 282 g/mol. The van der Waals surface area contributed by atoms with E-state index in [4.69, 9.17) is 9.84 Å². The normalized spacial score (nSPS) is 10.3. The van der Waals surface area contributed by atoms with Crippen molar-refractivity contribution in [3.63, 3.8) is 0 Å². The summed E-state index contributed by atoms with van der Waals surface area (Å²) in [7, 11) is 0. The van der Waals surface area contributed by atoms with Crippen LogP contribution in [0, 0.1) is 11.8 Å². The first-order chi connectivity index (χ1) is 10.3. The molecule has 22 heavy (non-hydrogen) atoms. The molecule has 0 bridgehead atoms. The van der Waals surface area contributed by atoms with Gasteiger partial charge in [0.25, 0.3) is 0 Å². The minimum Gasteiger partial charge on any atom is -0.481 e. The monoisotopic (exact) mass is 303 g/mol. The Labute approximate surface area is 130 Å². The highest BCUT2D eigenvalue weighted by Crippen LogP contribution is 2.08. The first-order valence-electron chi connectivity index (χ1n) is 7.03. The van der Waals surface area contributed by atoms with Gasteiger partial charge >= 0.3 is 12.1 Å². The third-order valence-corrected chi connectivity index (χ3v) is 2.50. The van der Waals surface area contributed by atoms with E-state index in [9.17, 15) is 9.59 Å². The summed E-state index contributed by atoms with van der Waals surface area (Å²) in [4.78, 5) is 22.2. The van der Waals surface area contributed by atoms with Crippen LogP contribution in [0.5, 0.6) is 0 Å². The molecule has 0 aliphatic rings. The number of amides is 1. The first-order valence-corrected chi connectivity index (χ1v) is 7.03. The molecular formula is C17H21NO4. The molecule has 0 fully saturated rings. The van der Waals surface area contributed by atoms with Gasteiger partial charge in [-0.1, -0.05) is 30.0 Å². The fraction of sp³-hybridized carbons (Fsp3) is 0.412. The van der Waals surface area contributed by atoms with E-state index in [1.165, 1.54) is 0 Å². The third-order valence-electron chi connectivity index (χ3n) is 2.50. The zero-order valence-electron chi connectivity index (χ0n) is 13.1. The van der Waals surface area contributed by atoms with Crippen LogP contribution >= 0.6 is 0 Å². The number of nitrogens with one attached hydrogen (secondary N) is 1. The third kappa shape index (κ3) is 7.34. The Kier molecular flexibility index (Phi) is 6.46. The SMILES string of the molecule is CC(C)(C)OC(=O)NCCC#Cc1ccccc1CC(=O)O. The van der Waals surface area contributed by atoms with Gasteiger partial charge in [0.1, 0.15) is 5.60 Å². The second-order valence-corrected chi connectivity index (χ2v) is 5.71. The fourth-order valence-corrected chi connectivity index (χ4v) is 1.66. The van der Waals surface area contributed by atoms with Crippen molar-refractivity contribution < 1.29 is 19.4 Å². The van der Waals surface area contributed by atoms with E-state index in [0.29, 0.717) is 24.1 Å². The Morgan fingerprint density at radius 1 is 1.27 bits per heavy atom. The maximum absolute atomic E-state index is 11.4. The summed E-state index contributed by atoms with van der Waals surface area (Å²) >= 11 is 0. The molecule has 5 heteroatoms. The Morgan fingerprint density at radius 3 is 2.59 bits per heavy atom. The van der Waals surface area contributed by atoms with Gasteiger partial charge in [-0.2, -0.15) is 0 Å². The molecule has 0 saturated heterocycles. The molecule has 0 unspecified atom stereocenters. The number of carbonyl (C=O) groups excluding carboxylic acids is 1. The molecule has 2 N–H and O–H groups in total. The second kappa shape index (κ2) is 8.08. The van der Waals surface area contributed by atoms with Crippen LogP contribution in [0.2, 0.25) is 0 Å². The molecule has 1 aromatic carbocycles. The number of hydrogen-bond donors (Lipinski definition) is 2. The van der Waals surface area contributed by atoms with E-state index in [1.807, 2.05) is 6.07 Å². The molecule has 0 aliphatic heterocycles. The summed E-state index contributed by atoms with van der Waals surface area (Å²) in [6, 6.07) is 7.13. The van der Waals surface area contributed by atoms with Crippen molar-refractivity contribution in [3.05, 3.63) is 35.4 Å². The van der Waals surface area contributed by atoms with E-state index < -0.39 is 17.7 Å². The number of carboxylic acids is 1. The quantitative estimate of drug-likeness (QED) is 0.662. The van der Waals surface area contributed by atoms with Gasteiger partial charge in [0.15, 0.2) is 0 Å². The van der Waals surface area contributed by atoms with Crippen LogP contribution in [-0.4, -0.2) is 29.3 Å². The van der Waals surface area contributed by atoms with Crippen molar-refractivity contribution in [2.75, 3.05) is 6.54 Å². The molecule has 118 valence electrons. The molecule has 0 aliphatic carbocycles. The summed E-state index contributed by atoms with van der Waals surface area (Å²) in [6.07, 6.45) is -0.0673. The number of rotatable bonds is 4. The van der Waals surface area contributed by atoms with Crippen molar-refractivity contribution >= 4 is 12.1 Å². The zero-order valence-corrected chi connectivity index (χ0v) is 13.1.